The summed E-state index contributed by atoms with van der Waals surface area (Å²) in [6.45, 7) is 13.9. The number of carbonyl (C=O) groups is 2. The molecular formula is C28H49N3O4. The normalized spacial score (nSPS) is 14.9. The first-order valence-corrected chi connectivity index (χ1v) is 13.3. The summed E-state index contributed by atoms with van der Waals surface area (Å²) in [5, 5.41) is 16.9. The third-order valence-electron chi connectivity index (χ3n) is 6.60. The molecule has 5 N–H and O–H groups in total. The van der Waals surface area contributed by atoms with Crippen molar-refractivity contribution in [2.24, 2.45) is 29.4 Å². The lowest BCUT2D eigenvalue weighted by atomic mass is 9.83. The Kier molecular flexibility index (Phi) is 14.6. The molecule has 7 heteroatoms. The average molecular weight is 492 g/mol. The van der Waals surface area contributed by atoms with E-state index in [9.17, 15) is 14.7 Å². The van der Waals surface area contributed by atoms with Crippen LogP contribution in [0.25, 0.3) is 0 Å². The zero-order valence-electron chi connectivity index (χ0n) is 22.7. The van der Waals surface area contributed by atoms with Gasteiger partial charge < -0.3 is 26.2 Å². The van der Waals surface area contributed by atoms with Crippen molar-refractivity contribution in [2.75, 3.05) is 19.7 Å². The Bertz CT molecular complexity index is 753. The van der Waals surface area contributed by atoms with Crippen molar-refractivity contribution in [1.82, 2.24) is 10.6 Å². The van der Waals surface area contributed by atoms with E-state index >= 15 is 0 Å². The summed E-state index contributed by atoms with van der Waals surface area (Å²) in [4.78, 5) is 25.5. The summed E-state index contributed by atoms with van der Waals surface area (Å²) >= 11 is 0. The second-order valence-corrected chi connectivity index (χ2v) is 10.3. The topological polar surface area (TPSA) is 114 Å². The van der Waals surface area contributed by atoms with Gasteiger partial charge in [0, 0.05) is 25.0 Å². The van der Waals surface area contributed by atoms with Gasteiger partial charge in [-0.1, -0.05) is 60.1 Å². The number of carbonyl (C=O) groups excluding carboxylic acids is 2. The SMILES string of the molecule is CCCCNC(=O)[C@@H](C[C@H](O)[C@@H](N)C[C@H](CNC(=O)c1ccccc1OCCC)C(C)C)C(C)C. The highest BCUT2D eigenvalue weighted by Gasteiger charge is 2.29. The molecule has 0 unspecified atom stereocenters. The molecule has 0 bridgehead atoms. The monoisotopic (exact) mass is 491 g/mol. The summed E-state index contributed by atoms with van der Waals surface area (Å²) in [7, 11) is 0. The maximum atomic E-state index is 12.9. The van der Waals surface area contributed by atoms with E-state index in [1.165, 1.54) is 0 Å². The summed E-state index contributed by atoms with van der Waals surface area (Å²) in [6.07, 6.45) is 2.91. The minimum atomic E-state index is -0.792. The van der Waals surface area contributed by atoms with Gasteiger partial charge in [-0.15, -0.1) is 0 Å². The van der Waals surface area contributed by atoms with Crippen molar-refractivity contribution < 1.29 is 19.4 Å². The van der Waals surface area contributed by atoms with Crippen molar-refractivity contribution in [2.45, 2.75) is 85.8 Å². The quantitative estimate of drug-likeness (QED) is 0.245. The number of nitrogens with one attached hydrogen (secondary N) is 2. The van der Waals surface area contributed by atoms with Gasteiger partial charge in [-0.05, 0) is 55.6 Å². The van der Waals surface area contributed by atoms with Crippen LogP contribution in [0.15, 0.2) is 24.3 Å². The molecule has 200 valence electrons. The first kappa shape index (κ1) is 30.9. The summed E-state index contributed by atoms with van der Waals surface area (Å²) in [5.41, 5.74) is 6.92. The highest BCUT2D eigenvalue weighted by atomic mass is 16.5. The molecule has 0 heterocycles. The second-order valence-electron chi connectivity index (χ2n) is 10.3. The fourth-order valence-electron chi connectivity index (χ4n) is 4.05. The van der Waals surface area contributed by atoms with Crippen molar-refractivity contribution in [1.29, 1.82) is 0 Å². The predicted octanol–water partition coefficient (Wildman–Crippen LogP) is 4.13. The molecule has 0 saturated heterocycles. The summed E-state index contributed by atoms with van der Waals surface area (Å²) in [6, 6.07) is 6.76. The van der Waals surface area contributed by atoms with Crippen LogP contribution < -0.4 is 21.1 Å². The molecule has 0 aliphatic rings. The van der Waals surface area contributed by atoms with Crippen LogP contribution in [0, 0.1) is 23.7 Å². The van der Waals surface area contributed by atoms with Gasteiger partial charge in [-0.25, -0.2) is 0 Å². The first-order chi connectivity index (χ1) is 16.6. The Morgan fingerprint density at radius 2 is 1.69 bits per heavy atom. The van der Waals surface area contributed by atoms with Crippen LogP contribution in [0.3, 0.4) is 0 Å². The third-order valence-corrected chi connectivity index (χ3v) is 6.60. The van der Waals surface area contributed by atoms with Gasteiger partial charge in [-0.3, -0.25) is 9.59 Å². The van der Waals surface area contributed by atoms with Gasteiger partial charge in [0.05, 0.1) is 18.3 Å². The van der Waals surface area contributed by atoms with Crippen LogP contribution in [0.4, 0.5) is 0 Å². The number of benzene rings is 1. The van der Waals surface area contributed by atoms with E-state index in [2.05, 4.69) is 31.4 Å². The molecular weight excluding hydrogens is 442 g/mol. The number of amides is 2. The van der Waals surface area contributed by atoms with E-state index in [1.54, 1.807) is 12.1 Å². The number of rotatable bonds is 17. The molecule has 0 radical (unpaired) electrons. The van der Waals surface area contributed by atoms with Crippen molar-refractivity contribution in [3.05, 3.63) is 29.8 Å². The second kappa shape index (κ2) is 16.5. The number of para-hydroxylation sites is 1. The molecule has 0 saturated carbocycles. The molecule has 0 aliphatic heterocycles. The van der Waals surface area contributed by atoms with Gasteiger partial charge in [0.1, 0.15) is 5.75 Å². The fraction of sp³-hybridized carbons (Fsp3) is 0.714. The lowest BCUT2D eigenvalue weighted by Gasteiger charge is -2.30. The molecule has 7 nitrogen and oxygen atoms in total. The van der Waals surface area contributed by atoms with E-state index in [4.69, 9.17) is 10.5 Å². The number of aliphatic hydroxyl groups excluding tert-OH is 1. The molecule has 1 rings (SSSR count). The predicted molar refractivity (Wildman–Crippen MR) is 142 cm³/mol. The van der Waals surface area contributed by atoms with Crippen molar-refractivity contribution in [3.8, 4) is 5.75 Å². The summed E-state index contributed by atoms with van der Waals surface area (Å²) in [5.74, 6) is 0.549. The number of ether oxygens (including phenoxy) is 1. The standard InChI is InChI=1S/C28H49N3O4/c1-7-9-14-30-28(34)23(20(5)6)17-25(32)24(29)16-21(19(3)4)18-31-27(33)22-12-10-11-13-26(22)35-15-8-2/h10-13,19-21,23-25,32H,7-9,14-18,29H2,1-6H3,(H,30,34)(H,31,33)/t21-,23+,24+,25+/m1/s1. The molecule has 1 aromatic rings. The van der Waals surface area contributed by atoms with Crippen LogP contribution in [0.5, 0.6) is 5.75 Å². The largest absolute Gasteiger partial charge is 0.493 e. The van der Waals surface area contributed by atoms with Crippen LogP contribution in [-0.4, -0.2) is 48.8 Å². The number of nitrogens with two attached hydrogens (primary N) is 1. The molecule has 1 aromatic carbocycles. The highest BCUT2D eigenvalue weighted by Crippen LogP contribution is 2.24. The van der Waals surface area contributed by atoms with Crippen LogP contribution >= 0.6 is 0 Å². The van der Waals surface area contributed by atoms with Crippen molar-refractivity contribution in [3.63, 3.8) is 0 Å². The molecule has 35 heavy (non-hydrogen) atoms. The molecule has 0 aromatic heterocycles. The number of unbranched alkanes of at least 4 members (excludes halogenated alkanes) is 1. The Labute approximate surface area is 212 Å². The maximum absolute atomic E-state index is 12.9. The first-order valence-electron chi connectivity index (χ1n) is 13.3. The van der Waals surface area contributed by atoms with Gasteiger partial charge in [0.2, 0.25) is 5.91 Å². The molecule has 0 spiro atoms. The van der Waals surface area contributed by atoms with Gasteiger partial charge in [-0.2, -0.15) is 0 Å². The Morgan fingerprint density at radius 1 is 1.00 bits per heavy atom. The molecule has 2 amide bonds. The molecule has 0 aliphatic carbocycles. The fourth-order valence-corrected chi connectivity index (χ4v) is 4.05. The highest BCUT2D eigenvalue weighted by molar-refractivity contribution is 5.96. The van der Waals surface area contributed by atoms with E-state index in [1.807, 2.05) is 32.9 Å². The van der Waals surface area contributed by atoms with E-state index in [0.717, 1.165) is 19.3 Å². The minimum absolute atomic E-state index is 0.0173. The van der Waals surface area contributed by atoms with Crippen LogP contribution in [-0.2, 0) is 4.79 Å². The smallest absolute Gasteiger partial charge is 0.255 e. The van der Waals surface area contributed by atoms with Gasteiger partial charge in [0.15, 0.2) is 0 Å². The summed E-state index contributed by atoms with van der Waals surface area (Å²) < 4.78 is 5.72. The number of aliphatic hydroxyl groups is 1. The van der Waals surface area contributed by atoms with E-state index < -0.39 is 12.1 Å². The lowest BCUT2D eigenvalue weighted by Crippen LogP contribution is -2.44. The number of hydrogen-bond donors (Lipinski definition) is 4. The van der Waals surface area contributed by atoms with Gasteiger partial charge in [0.25, 0.3) is 5.91 Å². The maximum Gasteiger partial charge on any atom is 0.255 e. The lowest BCUT2D eigenvalue weighted by molar-refractivity contribution is -0.127. The van der Waals surface area contributed by atoms with Crippen LogP contribution in [0.1, 0.15) is 84.0 Å². The van der Waals surface area contributed by atoms with Gasteiger partial charge >= 0.3 is 0 Å². The molecule has 0 fully saturated rings. The number of hydrogen-bond acceptors (Lipinski definition) is 5. The Hall–Kier alpha value is -2.12. The van der Waals surface area contributed by atoms with E-state index in [-0.39, 0.29) is 35.5 Å². The Balaban J connectivity index is 2.72. The zero-order valence-corrected chi connectivity index (χ0v) is 22.7. The minimum Gasteiger partial charge on any atom is -0.493 e. The van der Waals surface area contributed by atoms with E-state index in [0.29, 0.717) is 43.9 Å². The molecule has 4 atom stereocenters. The zero-order chi connectivity index (χ0) is 26.4. The third kappa shape index (κ3) is 11.0. The van der Waals surface area contributed by atoms with Crippen LogP contribution in [0.2, 0.25) is 0 Å². The van der Waals surface area contributed by atoms with Crippen molar-refractivity contribution >= 4 is 11.8 Å². The average Bonchev–Trinajstić information content (AvgIpc) is 2.82. The Morgan fingerprint density at radius 3 is 2.29 bits per heavy atom.